The van der Waals surface area contributed by atoms with Gasteiger partial charge in [-0.2, -0.15) is 5.10 Å². The maximum atomic E-state index is 12.5. The molecule has 1 aromatic carbocycles. The zero-order chi connectivity index (χ0) is 17.8. The van der Waals surface area contributed by atoms with E-state index in [1.165, 1.54) is 12.8 Å². The molecule has 2 N–H and O–H groups in total. The number of hydrogen-bond acceptors (Lipinski definition) is 4. The smallest absolute Gasteiger partial charge is 0.324 e. The first-order valence-corrected chi connectivity index (χ1v) is 8.47. The molecule has 0 aliphatic heterocycles. The number of methoxy groups -OCH3 is 2. The monoisotopic (exact) mass is 344 g/mol. The van der Waals surface area contributed by atoms with Crippen LogP contribution in [0.5, 0.6) is 11.5 Å². The molecule has 2 amide bonds. The highest BCUT2D eigenvalue weighted by Gasteiger charge is 2.21. The van der Waals surface area contributed by atoms with Gasteiger partial charge in [-0.1, -0.05) is 12.8 Å². The van der Waals surface area contributed by atoms with Gasteiger partial charge in [-0.3, -0.25) is 5.32 Å². The van der Waals surface area contributed by atoms with Gasteiger partial charge >= 0.3 is 6.03 Å². The average molecular weight is 344 g/mol. The van der Waals surface area contributed by atoms with Crippen LogP contribution in [-0.2, 0) is 0 Å². The minimum atomic E-state index is -0.342. The van der Waals surface area contributed by atoms with Crippen molar-refractivity contribution < 1.29 is 14.3 Å². The molecule has 2 aromatic rings. The third-order valence-electron chi connectivity index (χ3n) is 4.42. The Kier molecular flexibility index (Phi) is 5.11. The molecule has 0 unspecified atom stereocenters. The lowest BCUT2D eigenvalue weighted by Gasteiger charge is -2.16. The van der Waals surface area contributed by atoms with Crippen LogP contribution in [0.2, 0.25) is 0 Å². The van der Waals surface area contributed by atoms with Crippen LogP contribution >= 0.6 is 0 Å². The van der Waals surface area contributed by atoms with Crippen molar-refractivity contribution in [1.29, 1.82) is 0 Å². The Bertz CT molecular complexity index is 751. The zero-order valence-corrected chi connectivity index (χ0v) is 14.8. The lowest BCUT2D eigenvalue weighted by Crippen LogP contribution is -2.23. The summed E-state index contributed by atoms with van der Waals surface area (Å²) in [6, 6.07) is 7.15. The molecule has 134 valence electrons. The predicted octanol–water partition coefficient (Wildman–Crippen LogP) is 3.97. The maximum Gasteiger partial charge on any atom is 0.324 e. The van der Waals surface area contributed by atoms with Crippen molar-refractivity contribution in [3.63, 3.8) is 0 Å². The quantitative estimate of drug-likeness (QED) is 0.860. The number of urea groups is 1. The average Bonchev–Trinajstić information content (AvgIpc) is 3.24. The SMILES string of the molecule is COc1ccc(OC)c(NC(=O)Nc2cc(C)nn2C2CCCC2)c1. The van der Waals surface area contributed by atoms with E-state index in [1.807, 2.05) is 17.7 Å². The number of nitrogens with zero attached hydrogens (tertiary/aromatic N) is 2. The van der Waals surface area contributed by atoms with Crippen molar-refractivity contribution in [2.24, 2.45) is 0 Å². The molecular formula is C18H24N4O3. The molecule has 7 heteroatoms. The van der Waals surface area contributed by atoms with Crippen molar-refractivity contribution in [1.82, 2.24) is 9.78 Å². The number of hydrogen-bond donors (Lipinski definition) is 2. The number of aryl methyl sites for hydroxylation is 1. The van der Waals surface area contributed by atoms with Gasteiger partial charge in [-0.15, -0.1) is 0 Å². The standard InChI is InChI=1S/C18H24N4O3/c1-12-10-17(22(21-12)13-6-4-5-7-13)20-18(23)19-15-11-14(24-2)8-9-16(15)25-3/h8-11,13H,4-7H2,1-3H3,(H2,19,20,23). The second-order valence-electron chi connectivity index (χ2n) is 6.20. The van der Waals surface area contributed by atoms with Crippen molar-refractivity contribution in [2.45, 2.75) is 38.6 Å². The third-order valence-corrected chi connectivity index (χ3v) is 4.42. The van der Waals surface area contributed by atoms with E-state index in [0.29, 0.717) is 29.0 Å². The molecule has 0 bridgehead atoms. The zero-order valence-electron chi connectivity index (χ0n) is 14.8. The summed E-state index contributed by atoms with van der Waals surface area (Å²) >= 11 is 0. The van der Waals surface area contributed by atoms with Crippen molar-refractivity contribution >= 4 is 17.5 Å². The number of amides is 2. The van der Waals surface area contributed by atoms with Gasteiger partial charge in [0.1, 0.15) is 17.3 Å². The molecule has 1 heterocycles. The molecule has 7 nitrogen and oxygen atoms in total. The summed E-state index contributed by atoms with van der Waals surface area (Å²) < 4.78 is 12.4. The Morgan fingerprint density at radius 2 is 1.92 bits per heavy atom. The number of anilines is 2. The Balaban J connectivity index is 1.75. The summed E-state index contributed by atoms with van der Waals surface area (Å²) in [4.78, 5) is 12.5. The van der Waals surface area contributed by atoms with E-state index in [9.17, 15) is 4.79 Å². The Labute approximate surface area is 147 Å². The van der Waals surface area contributed by atoms with E-state index < -0.39 is 0 Å². The molecule has 0 spiro atoms. The van der Waals surface area contributed by atoms with Crippen LogP contribution in [0.4, 0.5) is 16.3 Å². The maximum absolute atomic E-state index is 12.5. The summed E-state index contributed by atoms with van der Waals surface area (Å²) in [7, 11) is 3.14. The fraction of sp³-hybridized carbons (Fsp3) is 0.444. The Hall–Kier alpha value is -2.70. The van der Waals surface area contributed by atoms with Gasteiger partial charge in [0.05, 0.1) is 31.6 Å². The number of ether oxygens (including phenoxy) is 2. The molecule has 0 saturated heterocycles. The lowest BCUT2D eigenvalue weighted by molar-refractivity contribution is 0.261. The molecule has 3 rings (SSSR count). The van der Waals surface area contributed by atoms with Crippen molar-refractivity contribution in [3.05, 3.63) is 30.0 Å². The first kappa shape index (κ1) is 17.1. The number of nitrogens with one attached hydrogen (secondary N) is 2. The number of carbonyl (C=O) groups excluding carboxylic acids is 1. The first-order chi connectivity index (χ1) is 12.1. The van der Waals surface area contributed by atoms with Crippen LogP contribution in [0.25, 0.3) is 0 Å². The number of aromatic nitrogens is 2. The highest BCUT2D eigenvalue weighted by molar-refractivity contribution is 6.00. The molecule has 25 heavy (non-hydrogen) atoms. The number of rotatable bonds is 5. The van der Waals surface area contributed by atoms with Crippen molar-refractivity contribution in [2.75, 3.05) is 24.9 Å². The van der Waals surface area contributed by atoms with Crippen LogP contribution in [0.15, 0.2) is 24.3 Å². The summed E-state index contributed by atoms with van der Waals surface area (Å²) in [5.41, 5.74) is 1.43. The normalized spacial score (nSPS) is 14.4. The Morgan fingerprint density at radius 1 is 1.16 bits per heavy atom. The second kappa shape index (κ2) is 7.46. The largest absolute Gasteiger partial charge is 0.497 e. The van der Waals surface area contributed by atoms with Gasteiger partial charge in [-0.25, -0.2) is 9.48 Å². The topological polar surface area (TPSA) is 77.4 Å². The molecule has 1 fully saturated rings. The fourth-order valence-corrected chi connectivity index (χ4v) is 3.22. The lowest BCUT2D eigenvalue weighted by atomic mass is 10.2. The molecule has 1 saturated carbocycles. The van der Waals surface area contributed by atoms with E-state index in [1.54, 1.807) is 32.4 Å². The van der Waals surface area contributed by atoms with Crippen LogP contribution in [0, 0.1) is 6.92 Å². The van der Waals surface area contributed by atoms with Gasteiger partial charge in [0.15, 0.2) is 0 Å². The van der Waals surface area contributed by atoms with Crippen LogP contribution < -0.4 is 20.1 Å². The predicted molar refractivity (Wildman–Crippen MR) is 96.7 cm³/mol. The van der Waals surface area contributed by atoms with Gasteiger partial charge in [-0.05, 0) is 31.9 Å². The summed E-state index contributed by atoms with van der Waals surface area (Å²) in [5.74, 6) is 1.92. The van der Waals surface area contributed by atoms with Gasteiger partial charge < -0.3 is 14.8 Å². The third kappa shape index (κ3) is 3.87. The highest BCUT2D eigenvalue weighted by Crippen LogP contribution is 2.32. The van der Waals surface area contributed by atoms with Crippen molar-refractivity contribution in [3.8, 4) is 11.5 Å². The van der Waals surface area contributed by atoms with Gasteiger partial charge in [0.25, 0.3) is 0 Å². The summed E-state index contributed by atoms with van der Waals surface area (Å²) in [5, 5.41) is 10.3. The molecular weight excluding hydrogens is 320 g/mol. The second-order valence-corrected chi connectivity index (χ2v) is 6.20. The molecule has 1 aromatic heterocycles. The van der Waals surface area contributed by atoms with Crippen LogP contribution in [0.3, 0.4) is 0 Å². The van der Waals surface area contributed by atoms with Crippen LogP contribution in [0.1, 0.15) is 37.4 Å². The molecule has 0 atom stereocenters. The highest BCUT2D eigenvalue weighted by atomic mass is 16.5. The first-order valence-electron chi connectivity index (χ1n) is 8.47. The fourth-order valence-electron chi connectivity index (χ4n) is 3.22. The molecule has 0 radical (unpaired) electrons. The minimum Gasteiger partial charge on any atom is -0.497 e. The van der Waals surface area contributed by atoms with Gasteiger partial charge in [0.2, 0.25) is 0 Å². The summed E-state index contributed by atoms with van der Waals surface area (Å²) in [6.07, 6.45) is 4.61. The van der Waals surface area contributed by atoms with E-state index in [0.717, 1.165) is 18.5 Å². The van der Waals surface area contributed by atoms with Gasteiger partial charge in [0, 0.05) is 12.1 Å². The number of benzene rings is 1. The van der Waals surface area contributed by atoms with E-state index in [2.05, 4.69) is 15.7 Å². The summed E-state index contributed by atoms with van der Waals surface area (Å²) in [6.45, 7) is 1.93. The van der Waals surface area contributed by atoms with E-state index in [-0.39, 0.29) is 6.03 Å². The Morgan fingerprint density at radius 3 is 2.60 bits per heavy atom. The van der Waals surface area contributed by atoms with E-state index in [4.69, 9.17) is 9.47 Å². The number of carbonyl (C=O) groups is 1. The minimum absolute atomic E-state index is 0.342. The molecule has 1 aliphatic carbocycles. The van der Waals surface area contributed by atoms with E-state index >= 15 is 0 Å². The van der Waals surface area contributed by atoms with Crippen LogP contribution in [-0.4, -0.2) is 30.0 Å². The molecule has 1 aliphatic rings.